The lowest BCUT2D eigenvalue weighted by atomic mass is 10.1. The van der Waals surface area contributed by atoms with Crippen LogP contribution in [0.15, 0.2) is 79.1 Å². The van der Waals surface area contributed by atoms with Gasteiger partial charge in [-0.05, 0) is 48.5 Å². The summed E-state index contributed by atoms with van der Waals surface area (Å²) in [6.07, 6.45) is 4.08. The predicted octanol–water partition coefficient (Wildman–Crippen LogP) is 4.70. The van der Waals surface area contributed by atoms with Gasteiger partial charge in [-0.25, -0.2) is 4.98 Å². The van der Waals surface area contributed by atoms with E-state index in [1.165, 1.54) is 0 Å². The number of hydrogen-bond acceptors (Lipinski definition) is 2. The van der Waals surface area contributed by atoms with Crippen molar-refractivity contribution in [1.82, 2.24) is 9.55 Å². The molecule has 3 heteroatoms. The first-order chi connectivity index (χ1) is 11.3. The zero-order chi connectivity index (χ0) is 15.6. The fourth-order valence-corrected chi connectivity index (χ4v) is 2.72. The Kier molecular flexibility index (Phi) is 3.31. The van der Waals surface area contributed by atoms with Gasteiger partial charge in [-0.15, -0.1) is 0 Å². The van der Waals surface area contributed by atoms with Crippen molar-refractivity contribution in [3.63, 3.8) is 0 Å². The molecule has 0 bridgehead atoms. The van der Waals surface area contributed by atoms with Crippen LogP contribution in [0.25, 0.3) is 27.8 Å². The van der Waals surface area contributed by atoms with Gasteiger partial charge in [0.1, 0.15) is 5.75 Å². The molecule has 112 valence electrons. The molecule has 2 aromatic heterocycles. The SMILES string of the molecule is COc1cccc(-c2ccc3cc(-n4cccc4)ccc3n2)c1. The molecular formula is C20H16N2O. The minimum Gasteiger partial charge on any atom is -0.497 e. The number of pyridine rings is 1. The number of hydrogen-bond donors (Lipinski definition) is 0. The number of fused-ring (bicyclic) bond motifs is 1. The second-order valence-corrected chi connectivity index (χ2v) is 5.40. The van der Waals surface area contributed by atoms with Crippen molar-refractivity contribution in [2.45, 2.75) is 0 Å². The van der Waals surface area contributed by atoms with Gasteiger partial charge < -0.3 is 9.30 Å². The van der Waals surface area contributed by atoms with E-state index in [-0.39, 0.29) is 0 Å². The molecular weight excluding hydrogens is 284 g/mol. The van der Waals surface area contributed by atoms with Gasteiger partial charge in [0, 0.05) is 29.0 Å². The van der Waals surface area contributed by atoms with Crippen molar-refractivity contribution in [3.8, 4) is 22.7 Å². The van der Waals surface area contributed by atoms with Crippen LogP contribution in [0.1, 0.15) is 0 Å². The summed E-state index contributed by atoms with van der Waals surface area (Å²) in [5, 5.41) is 1.13. The average Bonchev–Trinajstić information content (AvgIpc) is 3.15. The third kappa shape index (κ3) is 2.57. The van der Waals surface area contributed by atoms with E-state index in [0.717, 1.165) is 33.6 Å². The molecule has 2 heterocycles. The Balaban J connectivity index is 1.78. The number of methoxy groups -OCH3 is 1. The van der Waals surface area contributed by atoms with Crippen LogP contribution in [0.3, 0.4) is 0 Å². The number of aromatic nitrogens is 2. The van der Waals surface area contributed by atoms with Gasteiger partial charge in [0.05, 0.1) is 18.3 Å². The summed E-state index contributed by atoms with van der Waals surface area (Å²) in [4.78, 5) is 4.78. The highest BCUT2D eigenvalue weighted by atomic mass is 16.5. The molecule has 0 aliphatic carbocycles. The molecule has 0 amide bonds. The second kappa shape index (κ2) is 5.61. The molecule has 4 rings (SSSR count). The van der Waals surface area contributed by atoms with E-state index in [1.54, 1.807) is 7.11 Å². The van der Waals surface area contributed by atoms with Crippen LogP contribution in [0.2, 0.25) is 0 Å². The molecule has 0 aliphatic heterocycles. The number of benzene rings is 2. The average molecular weight is 300 g/mol. The highest BCUT2D eigenvalue weighted by molar-refractivity contribution is 5.83. The maximum atomic E-state index is 5.29. The van der Waals surface area contributed by atoms with Gasteiger partial charge in [-0.2, -0.15) is 0 Å². The van der Waals surface area contributed by atoms with Crippen molar-refractivity contribution in [2.24, 2.45) is 0 Å². The maximum Gasteiger partial charge on any atom is 0.119 e. The van der Waals surface area contributed by atoms with Gasteiger partial charge in [0.25, 0.3) is 0 Å². The van der Waals surface area contributed by atoms with Crippen molar-refractivity contribution < 1.29 is 4.74 Å². The monoisotopic (exact) mass is 300 g/mol. The van der Waals surface area contributed by atoms with E-state index in [0.29, 0.717) is 0 Å². The first-order valence-corrected chi connectivity index (χ1v) is 7.52. The minimum absolute atomic E-state index is 0.840. The van der Waals surface area contributed by atoms with Gasteiger partial charge in [0.2, 0.25) is 0 Å². The van der Waals surface area contributed by atoms with Gasteiger partial charge in [-0.3, -0.25) is 0 Å². The summed E-state index contributed by atoms with van der Waals surface area (Å²) >= 11 is 0. The predicted molar refractivity (Wildman–Crippen MR) is 93.1 cm³/mol. The van der Waals surface area contributed by atoms with E-state index in [2.05, 4.69) is 34.9 Å². The van der Waals surface area contributed by atoms with Crippen LogP contribution < -0.4 is 4.74 Å². The second-order valence-electron chi connectivity index (χ2n) is 5.40. The normalized spacial score (nSPS) is 10.8. The Hall–Kier alpha value is -3.07. The van der Waals surface area contributed by atoms with Crippen LogP contribution in [0, 0.1) is 0 Å². The molecule has 23 heavy (non-hydrogen) atoms. The van der Waals surface area contributed by atoms with E-state index in [4.69, 9.17) is 9.72 Å². The molecule has 0 radical (unpaired) electrons. The van der Waals surface area contributed by atoms with Crippen molar-refractivity contribution in [2.75, 3.05) is 7.11 Å². The lowest BCUT2D eigenvalue weighted by Gasteiger charge is -2.07. The molecule has 2 aromatic carbocycles. The largest absolute Gasteiger partial charge is 0.497 e. The molecule has 0 fully saturated rings. The third-order valence-electron chi connectivity index (χ3n) is 3.94. The molecule has 0 unspecified atom stereocenters. The first-order valence-electron chi connectivity index (χ1n) is 7.52. The van der Waals surface area contributed by atoms with Crippen LogP contribution in [0.4, 0.5) is 0 Å². The Bertz CT molecular complexity index is 958. The van der Waals surface area contributed by atoms with Gasteiger partial charge in [0.15, 0.2) is 0 Å². The number of nitrogens with zero attached hydrogens (tertiary/aromatic N) is 2. The molecule has 0 aliphatic rings. The molecule has 3 nitrogen and oxygen atoms in total. The lowest BCUT2D eigenvalue weighted by molar-refractivity contribution is 0.415. The highest BCUT2D eigenvalue weighted by Crippen LogP contribution is 2.25. The summed E-state index contributed by atoms with van der Waals surface area (Å²) in [5.74, 6) is 0.840. The standard InChI is InChI=1S/C20H16N2O/c1-23-18-6-4-5-15(14-18)19-9-7-16-13-17(8-10-20(16)21-19)22-11-2-3-12-22/h2-14H,1H3. The van der Waals surface area contributed by atoms with Gasteiger partial charge >= 0.3 is 0 Å². The van der Waals surface area contributed by atoms with Crippen LogP contribution in [-0.2, 0) is 0 Å². The topological polar surface area (TPSA) is 27.1 Å². The molecule has 0 atom stereocenters. The Morgan fingerprint density at radius 1 is 0.870 bits per heavy atom. The summed E-state index contributed by atoms with van der Waals surface area (Å²) in [6.45, 7) is 0. The summed E-state index contributed by atoms with van der Waals surface area (Å²) in [5.41, 5.74) is 4.13. The quantitative estimate of drug-likeness (QED) is 0.548. The maximum absolute atomic E-state index is 5.29. The number of rotatable bonds is 3. The van der Waals surface area contributed by atoms with E-state index >= 15 is 0 Å². The van der Waals surface area contributed by atoms with Gasteiger partial charge in [-0.1, -0.05) is 18.2 Å². The van der Waals surface area contributed by atoms with E-state index in [1.807, 2.05) is 48.8 Å². The van der Waals surface area contributed by atoms with Crippen LogP contribution in [-0.4, -0.2) is 16.7 Å². The lowest BCUT2D eigenvalue weighted by Crippen LogP contribution is -1.91. The minimum atomic E-state index is 0.840. The Labute approximate surface area is 134 Å². The number of ether oxygens (including phenoxy) is 1. The fraction of sp³-hybridized carbons (Fsp3) is 0.0500. The molecule has 0 N–H and O–H groups in total. The fourth-order valence-electron chi connectivity index (χ4n) is 2.72. The van der Waals surface area contributed by atoms with Crippen molar-refractivity contribution in [1.29, 1.82) is 0 Å². The molecule has 0 saturated heterocycles. The van der Waals surface area contributed by atoms with E-state index < -0.39 is 0 Å². The molecule has 0 spiro atoms. The summed E-state index contributed by atoms with van der Waals surface area (Å²) in [6, 6.07) is 22.5. The van der Waals surface area contributed by atoms with Crippen LogP contribution >= 0.6 is 0 Å². The molecule has 4 aromatic rings. The smallest absolute Gasteiger partial charge is 0.119 e. The zero-order valence-electron chi connectivity index (χ0n) is 12.8. The molecule has 0 saturated carbocycles. The van der Waals surface area contributed by atoms with E-state index in [9.17, 15) is 0 Å². The summed E-state index contributed by atoms with van der Waals surface area (Å²) < 4.78 is 7.38. The van der Waals surface area contributed by atoms with Crippen molar-refractivity contribution >= 4 is 10.9 Å². The zero-order valence-corrected chi connectivity index (χ0v) is 12.8. The van der Waals surface area contributed by atoms with Crippen LogP contribution in [0.5, 0.6) is 5.75 Å². The Morgan fingerprint density at radius 2 is 1.74 bits per heavy atom. The van der Waals surface area contributed by atoms with Crippen molar-refractivity contribution in [3.05, 3.63) is 79.1 Å². The third-order valence-corrected chi connectivity index (χ3v) is 3.94. The highest BCUT2D eigenvalue weighted by Gasteiger charge is 2.04. The summed E-state index contributed by atoms with van der Waals surface area (Å²) in [7, 11) is 1.68. The Morgan fingerprint density at radius 3 is 2.57 bits per heavy atom. The first kappa shape index (κ1) is 13.6.